The number of fused-ring (bicyclic) bond motifs is 1. The number of hydrogen-bond donors (Lipinski definition) is 2. The fourth-order valence-electron chi connectivity index (χ4n) is 1.08. The van der Waals surface area contributed by atoms with Gasteiger partial charge in [-0.1, -0.05) is 6.08 Å². The lowest BCUT2D eigenvalue weighted by molar-refractivity contribution is 0.450. The second kappa shape index (κ2) is 2.71. The van der Waals surface area contributed by atoms with Crippen molar-refractivity contribution in [1.82, 2.24) is 10.4 Å². The molecule has 0 aromatic carbocycles. The maximum atomic E-state index is 4.20. The molecule has 4 heteroatoms. The summed E-state index contributed by atoms with van der Waals surface area (Å²) in [5, 5.41) is 1.92. The van der Waals surface area contributed by atoms with Crippen molar-refractivity contribution in [3.8, 4) is 0 Å². The smallest absolute Gasteiger partial charge is 0.143 e. The third-order valence-electron chi connectivity index (χ3n) is 1.65. The lowest BCUT2D eigenvalue weighted by Crippen LogP contribution is -2.32. The van der Waals surface area contributed by atoms with Gasteiger partial charge < -0.3 is 0 Å². The molecule has 1 N–H and O–H groups in total. The van der Waals surface area contributed by atoms with Gasteiger partial charge in [0.05, 0.1) is 0 Å². The molecule has 2 aliphatic heterocycles. The topological polar surface area (TPSA) is 27.6 Å². The van der Waals surface area contributed by atoms with Crippen molar-refractivity contribution < 1.29 is 0 Å². The maximum Gasteiger partial charge on any atom is 0.143 e. The largest absolute Gasteiger partial charge is 0.265 e. The first kappa shape index (κ1) is 6.94. The van der Waals surface area contributed by atoms with Crippen LogP contribution in [0.3, 0.4) is 0 Å². The molecule has 0 fully saturated rings. The van der Waals surface area contributed by atoms with Gasteiger partial charge >= 0.3 is 0 Å². The molecule has 0 saturated carbocycles. The quantitative estimate of drug-likeness (QED) is 0.558. The highest BCUT2D eigenvalue weighted by molar-refractivity contribution is 7.80. The van der Waals surface area contributed by atoms with Crippen molar-refractivity contribution >= 4 is 18.5 Å². The molecule has 0 aliphatic carbocycles. The molecule has 58 valence electrons. The van der Waals surface area contributed by atoms with E-state index in [-0.39, 0.29) is 0 Å². The number of hydrazine groups is 1. The molecule has 0 bridgehead atoms. The van der Waals surface area contributed by atoms with Crippen molar-refractivity contribution in [1.29, 1.82) is 0 Å². The predicted molar refractivity (Wildman–Crippen MR) is 48.4 cm³/mol. The number of hydrogen-bond acceptors (Lipinski definition) is 4. The van der Waals surface area contributed by atoms with E-state index in [2.05, 4.69) is 23.0 Å². The molecule has 0 atom stereocenters. The SMILES string of the molecule is SCC1=CN2NCN=C2C=C1. The molecule has 3 nitrogen and oxygen atoms in total. The lowest BCUT2D eigenvalue weighted by Gasteiger charge is -2.17. The molecule has 0 spiro atoms. The summed E-state index contributed by atoms with van der Waals surface area (Å²) in [4.78, 5) is 4.20. The third kappa shape index (κ3) is 1.19. The van der Waals surface area contributed by atoms with Crippen molar-refractivity contribution in [3.63, 3.8) is 0 Å². The van der Waals surface area contributed by atoms with Crippen LogP contribution in [0.5, 0.6) is 0 Å². The molecule has 0 unspecified atom stereocenters. The summed E-state index contributed by atoms with van der Waals surface area (Å²) >= 11 is 4.18. The third-order valence-corrected chi connectivity index (χ3v) is 2.02. The van der Waals surface area contributed by atoms with Crippen LogP contribution < -0.4 is 5.43 Å². The number of rotatable bonds is 1. The molecule has 11 heavy (non-hydrogen) atoms. The number of nitrogens with one attached hydrogen (secondary N) is 1. The number of thiol groups is 1. The zero-order chi connectivity index (χ0) is 7.68. The highest BCUT2D eigenvalue weighted by Crippen LogP contribution is 2.11. The molecular weight excluding hydrogens is 158 g/mol. The van der Waals surface area contributed by atoms with Gasteiger partial charge in [-0.25, -0.2) is 10.4 Å². The van der Waals surface area contributed by atoms with Gasteiger partial charge in [-0.15, -0.1) is 0 Å². The van der Waals surface area contributed by atoms with Crippen LogP contribution in [-0.2, 0) is 0 Å². The molecule has 0 saturated heterocycles. The molecular formula is C7H9N3S. The molecule has 2 rings (SSSR count). The zero-order valence-corrected chi connectivity index (χ0v) is 6.88. The van der Waals surface area contributed by atoms with Crippen LogP contribution in [-0.4, -0.2) is 23.3 Å². The van der Waals surface area contributed by atoms with E-state index in [0.29, 0.717) is 6.67 Å². The molecule has 2 aliphatic rings. The van der Waals surface area contributed by atoms with E-state index < -0.39 is 0 Å². The minimum Gasteiger partial charge on any atom is -0.265 e. The first-order valence-corrected chi connectivity index (χ1v) is 4.10. The Morgan fingerprint density at radius 3 is 3.36 bits per heavy atom. The van der Waals surface area contributed by atoms with Crippen LogP contribution in [0.4, 0.5) is 0 Å². The highest BCUT2D eigenvalue weighted by Gasteiger charge is 2.14. The Hall–Kier alpha value is -0.740. The van der Waals surface area contributed by atoms with Gasteiger partial charge in [0.15, 0.2) is 0 Å². The van der Waals surface area contributed by atoms with Gasteiger partial charge in [0.2, 0.25) is 0 Å². The minimum atomic E-state index is 0.677. The van der Waals surface area contributed by atoms with Crippen LogP contribution in [0, 0.1) is 0 Å². The van der Waals surface area contributed by atoms with Gasteiger partial charge in [0, 0.05) is 12.0 Å². The Bertz CT molecular complexity index is 254. The minimum absolute atomic E-state index is 0.677. The fourth-order valence-corrected chi connectivity index (χ4v) is 1.27. The zero-order valence-electron chi connectivity index (χ0n) is 5.99. The van der Waals surface area contributed by atoms with Gasteiger partial charge in [0.25, 0.3) is 0 Å². The first-order chi connectivity index (χ1) is 5.40. The van der Waals surface area contributed by atoms with Crippen molar-refractivity contribution in [3.05, 3.63) is 23.9 Å². The number of amidine groups is 1. The average molecular weight is 167 g/mol. The molecule has 0 amide bonds. The van der Waals surface area contributed by atoms with Crippen LogP contribution in [0.15, 0.2) is 28.9 Å². The van der Waals surface area contributed by atoms with Crippen LogP contribution >= 0.6 is 12.6 Å². The Morgan fingerprint density at radius 1 is 1.64 bits per heavy atom. The lowest BCUT2D eigenvalue weighted by atomic mass is 10.2. The fraction of sp³-hybridized carbons (Fsp3) is 0.286. The summed E-state index contributed by atoms with van der Waals surface area (Å²) in [6.45, 7) is 0.677. The van der Waals surface area contributed by atoms with E-state index in [9.17, 15) is 0 Å². The Labute approximate surface area is 70.9 Å². The van der Waals surface area contributed by atoms with Gasteiger partial charge in [-0.05, 0) is 11.6 Å². The van der Waals surface area contributed by atoms with Crippen LogP contribution in [0.1, 0.15) is 0 Å². The van der Waals surface area contributed by atoms with E-state index in [1.54, 1.807) is 0 Å². The molecule has 0 aromatic heterocycles. The van der Waals surface area contributed by atoms with Gasteiger partial charge in [-0.2, -0.15) is 12.6 Å². The second-order valence-electron chi connectivity index (χ2n) is 2.40. The maximum absolute atomic E-state index is 4.20. The van der Waals surface area contributed by atoms with Gasteiger partial charge in [0.1, 0.15) is 12.5 Å². The van der Waals surface area contributed by atoms with Crippen LogP contribution in [0.2, 0.25) is 0 Å². The van der Waals surface area contributed by atoms with E-state index in [1.165, 1.54) is 5.57 Å². The molecule has 0 radical (unpaired) electrons. The Morgan fingerprint density at radius 2 is 2.55 bits per heavy atom. The van der Waals surface area contributed by atoms with Gasteiger partial charge in [-0.3, -0.25) is 5.01 Å². The van der Waals surface area contributed by atoms with E-state index >= 15 is 0 Å². The summed E-state index contributed by atoms with van der Waals surface area (Å²) in [5.74, 6) is 1.75. The number of allylic oxidation sites excluding steroid dienone is 1. The molecule has 0 aromatic rings. The van der Waals surface area contributed by atoms with E-state index in [1.807, 2.05) is 23.4 Å². The summed E-state index contributed by atoms with van der Waals surface area (Å²) in [6, 6.07) is 0. The van der Waals surface area contributed by atoms with Crippen molar-refractivity contribution in [2.75, 3.05) is 12.4 Å². The predicted octanol–water partition coefficient (Wildman–Crippen LogP) is 0.546. The Kier molecular flexibility index (Phi) is 1.71. The highest BCUT2D eigenvalue weighted by atomic mass is 32.1. The number of nitrogens with zero attached hydrogens (tertiary/aromatic N) is 2. The normalized spacial score (nSPS) is 21.4. The monoisotopic (exact) mass is 167 g/mol. The van der Waals surface area contributed by atoms with Crippen molar-refractivity contribution in [2.24, 2.45) is 4.99 Å². The standard InChI is InChI=1S/C7H9N3S/c11-4-6-1-2-7-8-5-9-10(7)3-6/h1-3,9,11H,4-5H2. The summed E-state index contributed by atoms with van der Waals surface area (Å²) in [6.07, 6.45) is 6.04. The molecule has 2 heterocycles. The first-order valence-electron chi connectivity index (χ1n) is 3.47. The summed E-state index contributed by atoms with van der Waals surface area (Å²) in [7, 11) is 0. The van der Waals surface area contributed by atoms with E-state index in [4.69, 9.17) is 0 Å². The van der Waals surface area contributed by atoms with Crippen molar-refractivity contribution in [2.45, 2.75) is 0 Å². The second-order valence-corrected chi connectivity index (χ2v) is 2.71. The average Bonchev–Trinajstić information content (AvgIpc) is 2.50. The number of aliphatic imine (C=N–C) groups is 1. The van der Waals surface area contributed by atoms with Crippen LogP contribution in [0.25, 0.3) is 0 Å². The summed E-state index contributed by atoms with van der Waals surface area (Å²) in [5.41, 5.74) is 4.29. The van der Waals surface area contributed by atoms with E-state index in [0.717, 1.165) is 11.6 Å². The summed E-state index contributed by atoms with van der Waals surface area (Å²) < 4.78 is 0. The Balaban J connectivity index is 2.23.